The first-order valence-electron chi connectivity index (χ1n) is 5.70. The number of nitrogens with one attached hydrogen (secondary N) is 2. The monoisotopic (exact) mass is 252 g/mol. The fourth-order valence-corrected chi connectivity index (χ4v) is 1.61. The zero-order chi connectivity index (χ0) is 12.7. The molecule has 5 heteroatoms. The Bertz CT molecular complexity index is 412. The van der Waals surface area contributed by atoms with E-state index < -0.39 is 0 Å². The number of halogens is 1. The molecule has 1 aromatic rings. The smallest absolute Gasteiger partial charge is 0.145 e. The lowest BCUT2D eigenvalue weighted by Gasteiger charge is -2.09. The second kappa shape index (κ2) is 7.10. The maximum absolute atomic E-state index is 8.83. The SMILES string of the molecule is CCCNCCNc1nc(C)c(C#N)cc1Cl. The van der Waals surface area contributed by atoms with Gasteiger partial charge in [0, 0.05) is 13.1 Å². The lowest BCUT2D eigenvalue weighted by atomic mass is 10.2. The van der Waals surface area contributed by atoms with Crippen molar-refractivity contribution in [2.45, 2.75) is 20.3 Å². The van der Waals surface area contributed by atoms with Crippen LogP contribution in [0.2, 0.25) is 5.02 Å². The molecule has 0 spiro atoms. The van der Waals surface area contributed by atoms with Gasteiger partial charge in [-0.2, -0.15) is 5.26 Å². The van der Waals surface area contributed by atoms with E-state index in [1.807, 2.05) is 0 Å². The molecule has 0 fully saturated rings. The second-order valence-corrected chi connectivity index (χ2v) is 4.15. The first-order chi connectivity index (χ1) is 8.19. The summed E-state index contributed by atoms with van der Waals surface area (Å²) >= 11 is 6.02. The molecular weight excluding hydrogens is 236 g/mol. The minimum atomic E-state index is 0.489. The summed E-state index contributed by atoms with van der Waals surface area (Å²) in [6.45, 7) is 6.57. The molecule has 0 aromatic carbocycles. The van der Waals surface area contributed by atoms with Crippen LogP contribution in [-0.4, -0.2) is 24.6 Å². The number of rotatable bonds is 6. The third-order valence-corrected chi connectivity index (χ3v) is 2.60. The molecule has 1 rings (SSSR count). The van der Waals surface area contributed by atoms with Gasteiger partial charge in [0.05, 0.1) is 16.3 Å². The summed E-state index contributed by atoms with van der Waals surface area (Å²) in [5.74, 6) is 0.640. The predicted molar refractivity (Wildman–Crippen MR) is 70.3 cm³/mol. The van der Waals surface area contributed by atoms with E-state index in [1.54, 1.807) is 13.0 Å². The first kappa shape index (κ1) is 13.8. The van der Waals surface area contributed by atoms with Gasteiger partial charge in [0.15, 0.2) is 0 Å². The molecular formula is C12H17ClN4. The predicted octanol–water partition coefficient (Wildman–Crippen LogP) is 2.33. The highest BCUT2D eigenvalue weighted by molar-refractivity contribution is 6.33. The number of aryl methyl sites for hydroxylation is 1. The Kier molecular flexibility index (Phi) is 5.75. The molecule has 17 heavy (non-hydrogen) atoms. The highest BCUT2D eigenvalue weighted by Crippen LogP contribution is 2.21. The standard InChI is InChI=1S/C12H17ClN4/c1-3-4-15-5-6-16-12-11(13)7-10(8-14)9(2)17-12/h7,15H,3-6H2,1-2H3,(H,16,17). The molecule has 0 aliphatic heterocycles. The Morgan fingerprint density at radius 3 is 2.82 bits per heavy atom. The Morgan fingerprint density at radius 1 is 1.41 bits per heavy atom. The summed E-state index contributed by atoms with van der Waals surface area (Å²) in [6, 6.07) is 3.70. The molecule has 0 unspecified atom stereocenters. The highest BCUT2D eigenvalue weighted by atomic mass is 35.5. The Balaban J connectivity index is 2.54. The number of hydrogen-bond acceptors (Lipinski definition) is 4. The van der Waals surface area contributed by atoms with Gasteiger partial charge in [-0.25, -0.2) is 4.98 Å². The maximum atomic E-state index is 8.83. The van der Waals surface area contributed by atoms with E-state index in [9.17, 15) is 0 Å². The Labute approximate surface area is 107 Å². The Hall–Kier alpha value is -1.31. The quantitative estimate of drug-likeness (QED) is 0.763. The van der Waals surface area contributed by atoms with E-state index in [2.05, 4.69) is 28.6 Å². The van der Waals surface area contributed by atoms with E-state index in [4.69, 9.17) is 16.9 Å². The van der Waals surface area contributed by atoms with Gasteiger partial charge < -0.3 is 10.6 Å². The molecule has 92 valence electrons. The minimum Gasteiger partial charge on any atom is -0.368 e. The van der Waals surface area contributed by atoms with E-state index in [0.29, 0.717) is 22.1 Å². The molecule has 0 aliphatic carbocycles. The van der Waals surface area contributed by atoms with Crippen molar-refractivity contribution in [3.63, 3.8) is 0 Å². The zero-order valence-electron chi connectivity index (χ0n) is 10.2. The normalized spacial score (nSPS) is 10.0. The molecule has 2 N–H and O–H groups in total. The third kappa shape index (κ3) is 4.22. The fraction of sp³-hybridized carbons (Fsp3) is 0.500. The van der Waals surface area contributed by atoms with Crippen molar-refractivity contribution in [3.05, 3.63) is 22.3 Å². The summed E-state index contributed by atoms with van der Waals surface area (Å²) in [6.07, 6.45) is 1.12. The van der Waals surface area contributed by atoms with Gasteiger partial charge in [-0.1, -0.05) is 18.5 Å². The van der Waals surface area contributed by atoms with Crippen LogP contribution in [0.5, 0.6) is 0 Å². The van der Waals surface area contributed by atoms with E-state index >= 15 is 0 Å². The van der Waals surface area contributed by atoms with Crippen molar-refractivity contribution in [1.82, 2.24) is 10.3 Å². The number of aromatic nitrogens is 1. The lowest BCUT2D eigenvalue weighted by Crippen LogP contribution is -2.23. The van der Waals surface area contributed by atoms with Gasteiger partial charge in [0.2, 0.25) is 0 Å². The van der Waals surface area contributed by atoms with Gasteiger partial charge in [0.1, 0.15) is 11.9 Å². The van der Waals surface area contributed by atoms with Crippen LogP contribution in [0.3, 0.4) is 0 Å². The van der Waals surface area contributed by atoms with Gasteiger partial charge in [-0.15, -0.1) is 0 Å². The van der Waals surface area contributed by atoms with Crippen LogP contribution in [0.4, 0.5) is 5.82 Å². The molecule has 4 nitrogen and oxygen atoms in total. The molecule has 1 heterocycles. The second-order valence-electron chi connectivity index (χ2n) is 3.74. The Morgan fingerprint density at radius 2 is 2.18 bits per heavy atom. The van der Waals surface area contributed by atoms with Crippen molar-refractivity contribution in [3.8, 4) is 6.07 Å². The first-order valence-corrected chi connectivity index (χ1v) is 6.08. The molecule has 0 aliphatic rings. The number of anilines is 1. The molecule has 0 saturated heterocycles. The summed E-state index contributed by atoms with van der Waals surface area (Å²) in [7, 11) is 0. The number of nitrogens with zero attached hydrogens (tertiary/aromatic N) is 2. The highest BCUT2D eigenvalue weighted by Gasteiger charge is 2.06. The van der Waals surface area contributed by atoms with E-state index in [1.165, 1.54) is 0 Å². The van der Waals surface area contributed by atoms with Gasteiger partial charge in [0.25, 0.3) is 0 Å². The van der Waals surface area contributed by atoms with Gasteiger partial charge >= 0.3 is 0 Å². The van der Waals surface area contributed by atoms with Crippen molar-refractivity contribution >= 4 is 17.4 Å². The van der Waals surface area contributed by atoms with Crippen molar-refractivity contribution in [2.75, 3.05) is 25.0 Å². The van der Waals surface area contributed by atoms with Crippen molar-refractivity contribution in [2.24, 2.45) is 0 Å². The van der Waals surface area contributed by atoms with Crippen LogP contribution in [0.1, 0.15) is 24.6 Å². The van der Waals surface area contributed by atoms with Crippen LogP contribution >= 0.6 is 11.6 Å². The zero-order valence-corrected chi connectivity index (χ0v) is 10.9. The van der Waals surface area contributed by atoms with E-state index in [-0.39, 0.29) is 0 Å². The summed E-state index contributed by atoms with van der Waals surface area (Å²) < 4.78 is 0. The number of nitriles is 1. The average molecular weight is 253 g/mol. The van der Waals surface area contributed by atoms with Crippen molar-refractivity contribution in [1.29, 1.82) is 5.26 Å². The average Bonchev–Trinajstić information content (AvgIpc) is 2.32. The summed E-state index contributed by atoms with van der Waals surface area (Å²) in [5.41, 5.74) is 1.21. The third-order valence-electron chi connectivity index (χ3n) is 2.31. The van der Waals surface area contributed by atoms with Crippen LogP contribution < -0.4 is 10.6 Å². The molecule has 1 aromatic heterocycles. The summed E-state index contributed by atoms with van der Waals surface area (Å²) in [5, 5.41) is 15.7. The molecule has 0 saturated carbocycles. The maximum Gasteiger partial charge on any atom is 0.145 e. The van der Waals surface area contributed by atoms with Crippen LogP contribution in [0, 0.1) is 18.3 Å². The molecule has 0 atom stereocenters. The topological polar surface area (TPSA) is 60.7 Å². The fourth-order valence-electron chi connectivity index (χ4n) is 1.39. The number of hydrogen-bond donors (Lipinski definition) is 2. The summed E-state index contributed by atoms with van der Waals surface area (Å²) in [4.78, 5) is 4.27. The lowest BCUT2D eigenvalue weighted by molar-refractivity contribution is 0.687. The van der Waals surface area contributed by atoms with Crippen LogP contribution in [0.25, 0.3) is 0 Å². The largest absolute Gasteiger partial charge is 0.368 e. The molecule has 0 amide bonds. The van der Waals surface area contributed by atoms with Crippen LogP contribution in [0.15, 0.2) is 6.07 Å². The van der Waals surface area contributed by atoms with Gasteiger partial charge in [-0.05, 0) is 26.0 Å². The molecule has 0 radical (unpaired) electrons. The van der Waals surface area contributed by atoms with E-state index in [0.717, 1.165) is 26.1 Å². The van der Waals surface area contributed by atoms with Gasteiger partial charge in [-0.3, -0.25) is 0 Å². The van der Waals surface area contributed by atoms with Crippen molar-refractivity contribution < 1.29 is 0 Å². The van der Waals surface area contributed by atoms with Crippen LogP contribution in [-0.2, 0) is 0 Å². The number of pyridine rings is 1. The minimum absolute atomic E-state index is 0.489. The molecule has 0 bridgehead atoms.